The number of hydrogen-bond acceptors (Lipinski definition) is 6. The van der Waals surface area contributed by atoms with Gasteiger partial charge in [0.15, 0.2) is 5.13 Å². The largest absolute Gasteiger partial charge is 0.377 e. The Bertz CT molecular complexity index is 720. The molecule has 1 aromatic carbocycles. The summed E-state index contributed by atoms with van der Waals surface area (Å²) in [5.41, 5.74) is 6.61. The molecule has 3 N–H and O–H groups in total. The monoisotopic (exact) mass is 346 g/mol. The Morgan fingerprint density at radius 3 is 3.08 bits per heavy atom. The van der Waals surface area contributed by atoms with Gasteiger partial charge in [-0.1, -0.05) is 6.07 Å². The second-order valence-electron chi connectivity index (χ2n) is 5.44. The maximum absolute atomic E-state index is 12.8. The predicted molar refractivity (Wildman–Crippen MR) is 91.3 cm³/mol. The minimum Gasteiger partial charge on any atom is -0.377 e. The van der Waals surface area contributed by atoms with E-state index in [-0.39, 0.29) is 18.4 Å². The fraction of sp³-hybridized carbons (Fsp3) is 0.312. The zero-order chi connectivity index (χ0) is 16.9. The van der Waals surface area contributed by atoms with Gasteiger partial charge in [-0.15, -0.1) is 11.3 Å². The predicted octanol–water partition coefficient (Wildman–Crippen LogP) is 1.60. The third-order valence-corrected chi connectivity index (χ3v) is 4.41. The number of nitrogens with one attached hydrogen (secondary N) is 1. The van der Waals surface area contributed by atoms with Crippen molar-refractivity contribution in [2.45, 2.75) is 12.5 Å². The molecule has 2 heterocycles. The first-order valence-electron chi connectivity index (χ1n) is 7.57. The van der Waals surface area contributed by atoms with Crippen molar-refractivity contribution in [3.05, 3.63) is 41.4 Å². The lowest BCUT2D eigenvalue weighted by Gasteiger charge is -2.35. The summed E-state index contributed by atoms with van der Waals surface area (Å²) >= 11 is 1.48. The molecule has 0 aliphatic carbocycles. The molecular formula is C16H18N4O3S. The lowest BCUT2D eigenvalue weighted by Crippen LogP contribution is -2.50. The highest BCUT2D eigenvalue weighted by Gasteiger charge is 2.29. The summed E-state index contributed by atoms with van der Waals surface area (Å²) in [5, 5.41) is 5.80. The van der Waals surface area contributed by atoms with Crippen molar-refractivity contribution in [1.82, 2.24) is 9.88 Å². The fourth-order valence-electron chi connectivity index (χ4n) is 2.63. The third kappa shape index (κ3) is 3.90. The van der Waals surface area contributed by atoms with Gasteiger partial charge in [0.1, 0.15) is 0 Å². The van der Waals surface area contributed by atoms with E-state index in [4.69, 9.17) is 10.5 Å². The molecule has 0 saturated carbocycles. The van der Waals surface area contributed by atoms with Gasteiger partial charge < -0.3 is 20.7 Å². The number of primary amides is 1. The Labute approximate surface area is 143 Å². The van der Waals surface area contributed by atoms with Crippen molar-refractivity contribution in [2.24, 2.45) is 5.73 Å². The second-order valence-corrected chi connectivity index (χ2v) is 6.34. The van der Waals surface area contributed by atoms with Crippen LogP contribution in [0.4, 0.5) is 10.8 Å². The molecule has 0 bridgehead atoms. The molecule has 3 rings (SSSR count). The maximum atomic E-state index is 12.8. The van der Waals surface area contributed by atoms with Gasteiger partial charge in [-0.2, -0.15) is 0 Å². The van der Waals surface area contributed by atoms with Crippen molar-refractivity contribution < 1.29 is 14.3 Å². The fourth-order valence-corrected chi connectivity index (χ4v) is 3.18. The molecule has 1 fully saturated rings. The van der Waals surface area contributed by atoms with Gasteiger partial charge >= 0.3 is 0 Å². The van der Waals surface area contributed by atoms with Crippen LogP contribution in [0.5, 0.6) is 0 Å². The zero-order valence-corrected chi connectivity index (χ0v) is 13.8. The molecule has 2 aromatic rings. The first kappa shape index (κ1) is 16.4. The topological polar surface area (TPSA) is 97.6 Å². The van der Waals surface area contributed by atoms with Crippen LogP contribution < -0.4 is 11.1 Å². The molecule has 7 nitrogen and oxygen atoms in total. The number of carbonyl (C=O) groups is 2. The van der Waals surface area contributed by atoms with Crippen LogP contribution in [0.2, 0.25) is 0 Å². The molecule has 1 aromatic heterocycles. The van der Waals surface area contributed by atoms with Crippen molar-refractivity contribution in [3.63, 3.8) is 0 Å². The zero-order valence-electron chi connectivity index (χ0n) is 13.0. The Morgan fingerprint density at radius 2 is 2.33 bits per heavy atom. The molecule has 1 aliphatic rings. The van der Waals surface area contributed by atoms with Gasteiger partial charge in [-0.05, 0) is 18.2 Å². The molecule has 0 radical (unpaired) electrons. The number of aromatic nitrogens is 1. The minimum atomic E-state index is -0.442. The number of rotatable bonds is 5. The standard InChI is InChI=1S/C16H18N4O3S/c17-14(21)9-13-10-23-6-5-20(13)15(22)11-2-1-3-12(8-11)19-16-18-4-7-24-16/h1-4,7-8,13H,5-6,9-10H2,(H2,17,21)(H,18,19). The van der Waals surface area contributed by atoms with E-state index in [9.17, 15) is 9.59 Å². The van der Waals surface area contributed by atoms with Gasteiger partial charge in [-0.25, -0.2) is 4.98 Å². The van der Waals surface area contributed by atoms with Crippen LogP contribution in [-0.4, -0.2) is 47.5 Å². The summed E-state index contributed by atoms with van der Waals surface area (Å²) in [6.07, 6.45) is 1.81. The van der Waals surface area contributed by atoms with Crippen molar-refractivity contribution in [2.75, 3.05) is 25.1 Å². The Balaban J connectivity index is 1.76. The minimum absolute atomic E-state index is 0.1000. The van der Waals surface area contributed by atoms with Crippen molar-refractivity contribution in [3.8, 4) is 0 Å². The number of ether oxygens (including phenoxy) is 1. The SMILES string of the molecule is NC(=O)CC1COCCN1C(=O)c1cccc(Nc2nccs2)c1. The summed E-state index contributed by atoms with van der Waals surface area (Å²) in [5.74, 6) is -0.574. The smallest absolute Gasteiger partial charge is 0.254 e. The average Bonchev–Trinajstić information content (AvgIpc) is 3.07. The highest BCUT2D eigenvalue weighted by Crippen LogP contribution is 2.21. The number of amides is 2. The van der Waals surface area contributed by atoms with Crippen LogP contribution >= 0.6 is 11.3 Å². The number of hydrogen-bond donors (Lipinski definition) is 2. The molecule has 8 heteroatoms. The Morgan fingerprint density at radius 1 is 1.46 bits per heavy atom. The molecule has 1 unspecified atom stereocenters. The highest BCUT2D eigenvalue weighted by atomic mass is 32.1. The van der Waals surface area contributed by atoms with E-state index >= 15 is 0 Å². The van der Waals surface area contributed by atoms with E-state index in [0.29, 0.717) is 25.3 Å². The van der Waals surface area contributed by atoms with Crippen LogP contribution in [0.25, 0.3) is 0 Å². The molecule has 1 saturated heterocycles. The lowest BCUT2D eigenvalue weighted by atomic mass is 10.1. The highest BCUT2D eigenvalue weighted by molar-refractivity contribution is 7.13. The molecular weight excluding hydrogens is 328 g/mol. The summed E-state index contributed by atoms with van der Waals surface area (Å²) in [6, 6.07) is 6.90. The molecule has 1 aliphatic heterocycles. The molecule has 126 valence electrons. The number of anilines is 2. The quantitative estimate of drug-likeness (QED) is 0.857. The summed E-state index contributed by atoms with van der Waals surface area (Å²) in [6.45, 7) is 1.23. The Hall–Kier alpha value is -2.45. The average molecular weight is 346 g/mol. The number of thiazole rings is 1. The van der Waals surface area contributed by atoms with Crippen LogP contribution in [0.1, 0.15) is 16.8 Å². The molecule has 1 atom stereocenters. The van der Waals surface area contributed by atoms with E-state index < -0.39 is 5.91 Å². The van der Waals surface area contributed by atoms with Gasteiger partial charge in [-0.3, -0.25) is 9.59 Å². The van der Waals surface area contributed by atoms with Crippen LogP contribution in [0.15, 0.2) is 35.8 Å². The van der Waals surface area contributed by atoms with Gasteiger partial charge in [0, 0.05) is 35.8 Å². The summed E-state index contributed by atoms with van der Waals surface area (Å²) < 4.78 is 5.37. The van der Waals surface area contributed by atoms with Crippen LogP contribution in [0, 0.1) is 0 Å². The normalized spacial score (nSPS) is 17.5. The maximum Gasteiger partial charge on any atom is 0.254 e. The first-order chi connectivity index (χ1) is 11.6. The van der Waals surface area contributed by atoms with Crippen LogP contribution in [0.3, 0.4) is 0 Å². The number of nitrogens with two attached hydrogens (primary N) is 1. The van der Waals surface area contributed by atoms with Crippen LogP contribution in [-0.2, 0) is 9.53 Å². The molecule has 2 amide bonds. The van der Waals surface area contributed by atoms with Gasteiger partial charge in [0.25, 0.3) is 5.91 Å². The second kappa shape index (κ2) is 7.41. The third-order valence-electron chi connectivity index (χ3n) is 3.72. The number of nitrogens with zero attached hydrogens (tertiary/aromatic N) is 2. The lowest BCUT2D eigenvalue weighted by molar-refractivity contribution is -0.120. The number of benzene rings is 1. The number of morpholine rings is 1. The number of carbonyl (C=O) groups excluding carboxylic acids is 2. The summed E-state index contributed by atoms with van der Waals surface area (Å²) in [7, 11) is 0. The summed E-state index contributed by atoms with van der Waals surface area (Å²) in [4.78, 5) is 29.9. The van der Waals surface area contributed by atoms with Crippen molar-refractivity contribution in [1.29, 1.82) is 0 Å². The Kier molecular flexibility index (Phi) is 5.07. The molecule has 0 spiro atoms. The molecule has 24 heavy (non-hydrogen) atoms. The van der Waals surface area contributed by atoms with E-state index in [0.717, 1.165) is 10.8 Å². The first-order valence-corrected chi connectivity index (χ1v) is 8.45. The van der Waals surface area contributed by atoms with Crippen molar-refractivity contribution >= 4 is 34.0 Å². The van der Waals surface area contributed by atoms with E-state index in [1.165, 1.54) is 11.3 Å². The van der Waals surface area contributed by atoms with E-state index in [1.807, 2.05) is 17.5 Å². The van der Waals surface area contributed by atoms with Gasteiger partial charge in [0.05, 0.1) is 19.3 Å². The van der Waals surface area contributed by atoms with Gasteiger partial charge in [0.2, 0.25) is 5.91 Å². The van der Waals surface area contributed by atoms with E-state index in [2.05, 4.69) is 10.3 Å². The van der Waals surface area contributed by atoms with E-state index in [1.54, 1.807) is 23.2 Å².